The molecule has 0 bridgehead atoms. The Morgan fingerprint density at radius 3 is 2.39 bits per heavy atom. The first-order chi connectivity index (χ1) is 18.6. The van der Waals surface area contributed by atoms with Crippen LogP contribution in [-0.2, 0) is 11.3 Å². The van der Waals surface area contributed by atoms with E-state index in [4.69, 9.17) is 9.84 Å². The van der Waals surface area contributed by atoms with Gasteiger partial charge in [-0.05, 0) is 42.4 Å². The summed E-state index contributed by atoms with van der Waals surface area (Å²) in [5.41, 5.74) is 3.77. The van der Waals surface area contributed by atoms with E-state index in [1.165, 1.54) is 0 Å². The molecule has 1 aliphatic heterocycles. The number of likely N-dealkylation sites (N-methyl/N-ethyl adjacent to an activating group) is 1. The summed E-state index contributed by atoms with van der Waals surface area (Å²) in [7, 11) is 1.68. The van der Waals surface area contributed by atoms with Gasteiger partial charge in [-0.3, -0.25) is 4.79 Å². The summed E-state index contributed by atoms with van der Waals surface area (Å²) < 4.78 is 7.49. The molecule has 2 heterocycles. The highest BCUT2D eigenvalue weighted by molar-refractivity contribution is 6.07. The van der Waals surface area contributed by atoms with Crippen molar-refractivity contribution in [3.63, 3.8) is 0 Å². The number of nitrogens with zero attached hydrogens (tertiary/aromatic N) is 5. The summed E-state index contributed by atoms with van der Waals surface area (Å²) in [6, 6.07) is 24.3. The molecule has 0 spiro atoms. The molecule has 3 aromatic carbocycles. The van der Waals surface area contributed by atoms with Gasteiger partial charge < -0.3 is 19.4 Å². The van der Waals surface area contributed by atoms with Crippen LogP contribution in [0.5, 0.6) is 0 Å². The number of carbonyl (C=O) groups is 1. The lowest BCUT2D eigenvalue weighted by atomic mass is 10.0. The number of ether oxygens (including phenoxy) is 1. The Balaban J connectivity index is 1.55. The number of rotatable bonds is 9. The standard InChI is InChI=1S/C31H37N5O2/c1-4-33-17-19-34(20-18-33)30-29(24(2)32-36(30)26-13-6-5-7-14-26)23-35(21-22-38-3)31(37)28-16-10-12-25-11-8-9-15-27(25)28/h5-16H,4,17-23H2,1-3H3. The number of piperazine rings is 1. The highest BCUT2D eigenvalue weighted by Crippen LogP contribution is 2.30. The van der Waals surface area contributed by atoms with Crippen molar-refractivity contribution in [2.45, 2.75) is 20.4 Å². The number of hydrogen-bond donors (Lipinski definition) is 0. The summed E-state index contributed by atoms with van der Waals surface area (Å²) in [6.45, 7) is 10.6. The topological polar surface area (TPSA) is 53.8 Å². The van der Waals surface area contributed by atoms with Gasteiger partial charge >= 0.3 is 0 Å². The van der Waals surface area contributed by atoms with E-state index in [1.54, 1.807) is 7.11 Å². The Hall–Kier alpha value is -3.68. The molecule has 0 atom stereocenters. The van der Waals surface area contributed by atoms with Crippen LogP contribution in [0.15, 0.2) is 72.8 Å². The van der Waals surface area contributed by atoms with Gasteiger partial charge in [0, 0.05) is 51.0 Å². The van der Waals surface area contributed by atoms with Gasteiger partial charge in [-0.2, -0.15) is 5.10 Å². The maximum absolute atomic E-state index is 14.0. The Morgan fingerprint density at radius 1 is 0.947 bits per heavy atom. The van der Waals surface area contributed by atoms with Crippen molar-refractivity contribution in [2.75, 3.05) is 57.9 Å². The molecule has 1 aliphatic rings. The molecule has 38 heavy (non-hydrogen) atoms. The smallest absolute Gasteiger partial charge is 0.254 e. The number of carbonyl (C=O) groups excluding carboxylic acids is 1. The average molecular weight is 512 g/mol. The maximum atomic E-state index is 14.0. The predicted octanol–water partition coefficient (Wildman–Crippen LogP) is 4.76. The number of para-hydroxylation sites is 1. The zero-order valence-corrected chi connectivity index (χ0v) is 22.6. The number of amides is 1. The Labute approximate surface area is 225 Å². The number of hydrogen-bond acceptors (Lipinski definition) is 5. The normalized spacial score (nSPS) is 14.2. The van der Waals surface area contributed by atoms with Gasteiger partial charge in [0.1, 0.15) is 5.82 Å². The van der Waals surface area contributed by atoms with Gasteiger partial charge in [0.25, 0.3) is 5.91 Å². The van der Waals surface area contributed by atoms with Crippen LogP contribution in [0.1, 0.15) is 28.5 Å². The molecule has 1 saturated heterocycles. The van der Waals surface area contributed by atoms with Crippen molar-refractivity contribution in [2.24, 2.45) is 0 Å². The maximum Gasteiger partial charge on any atom is 0.254 e. The Bertz CT molecular complexity index is 1370. The third-order valence-electron chi connectivity index (χ3n) is 7.50. The molecule has 1 amide bonds. The molecule has 7 heteroatoms. The van der Waals surface area contributed by atoms with E-state index in [1.807, 2.05) is 65.6 Å². The quantitative estimate of drug-likeness (QED) is 0.324. The summed E-state index contributed by atoms with van der Waals surface area (Å²) in [5.74, 6) is 1.09. The highest BCUT2D eigenvalue weighted by Gasteiger charge is 2.28. The van der Waals surface area contributed by atoms with E-state index in [-0.39, 0.29) is 5.91 Å². The molecule has 0 aliphatic carbocycles. The Kier molecular flexibility index (Phi) is 8.05. The number of fused-ring (bicyclic) bond motifs is 1. The van der Waals surface area contributed by atoms with Crippen LogP contribution >= 0.6 is 0 Å². The third-order valence-corrected chi connectivity index (χ3v) is 7.50. The second-order valence-corrected chi connectivity index (χ2v) is 9.80. The van der Waals surface area contributed by atoms with E-state index >= 15 is 0 Å². The molecule has 7 nitrogen and oxygen atoms in total. The lowest BCUT2D eigenvalue weighted by Gasteiger charge is -2.36. The Morgan fingerprint density at radius 2 is 1.66 bits per heavy atom. The van der Waals surface area contributed by atoms with E-state index < -0.39 is 0 Å². The number of anilines is 1. The minimum atomic E-state index is 0.00691. The summed E-state index contributed by atoms with van der Waals surface area (Å²) in [5, 5.41) is 7.03. The second kappa shape index (κ2) is 11.8. The zero-order valence-electron chi connectivity index (χ0n) is 22.6. The minimum absolute atomic E-state index is 0.00691. The van der Waals surface area contributed by atoms with Crippen LogP contribution in [0.3, 0.4) is 0 Å². The molecule has 4 aromatic rings. The largest absolute Gasteiger partial charge is 0.383 e. The van der Waals surface area contributed by atoms with Crippen molar-refractivity contribution < 1.29 is 9.53 Å². The van der Waals surface area contributed by atoms with Crippen molar-refractivity contribution in [1.82, 2.24) is 19.6 Å². The fourth-order valence-electron chi connectivity index (χ4n) is 5.31. The summed E-state index contributed by atoms with van der Waals surface area (Å²) in [4.78, 5) is 20.9. The monoisotopic (exact) mass is 511 g/mol. The van der Waals surface area contributed by atoms with Crippen molar-refractivity contribution >= 4 is 22.5 Å². The van der Waals surface area contributed by atoms with Crippen molar-refractivity contribution in [1.29, 1.82) is 0 Å². The molecular weight excluding hydrogens is 474 g/mol. The van der Waals surface area contributed by atoms with Crippen molar-refractivity contribution in [3.8, 4) is 5.69 Å². The molecule has 1 aromatic heterocycles. The van der Waals surface area contributed by atoms with Gasteiger partial charge in [0.2, 0.25) is 0 Å². The van der Waals surface area contributed by atoms with Crippen LogP contribution in [0.25, 0.3) is 16.5 Å². The molecule has 0 saturated carbocycles. The molecule has 0 radical (unpaired) electrons. The van der Waals surface area contributed by atoms with E-state index in [2.05, 4.69) is 40.5 Å². The van der Waals surface area contributed by atoms with Crippen LogP contribution < -0.4 is 4.90 Å². The predicted molar refractivity (Wildman–Crippen MR) is 153 cm³/mol. The summed E-state index contributed by atoms with van der Waals surface area (Å²) in [6.07, 6.45) is 0. The van der Waals surface area contributed by atoms with Crippen LogP contribution in [0, 0.1) is 6.92 Å². The molecule has 198 valence electrons. The lowest BCUT2D eigenvalue weighted by molar-refractivity contribution is 0.0682. The highest BCUT2D eigenvalue weighted by atomic mass is 16.5. The van der Waals surface area contributed by atoms with Gasteiger partial charge in [0.05, 0.1) is 24.5 Å². The molecule has 1 fully saturated rings. The van der Waals surface area contributed by atoms with Gasteiger partial charge in [-0.15, -0.1) is 0 Å². The average Bonchev–Trinajstić information content (AvgIpc) is 3.30. The fourth-order valence-corrected chi connectivity index (χ4v) is 5.31. The van der Waals surface area contributed by atoms with Gasteiger partial charge in [-0.1, -0.05) is 61.5 Å². The molecule has 0 N–H and O–H groups in total. The number of aromatic nitrogens is 2. The first-order valence-electron chi connectivity index (χ1n) is 13.5. The van der Waals surface area contributed by atoms with Gasteiger partial charge in [-0.25, -0.2) is 4.68 Å². The van der Waals surface area contributed by atoms with Gasteiger partial charge in [0.15, 0.2) is 0 Å². The molecule has 5 rings (SSSR count). The second-order valence-electron chi connectivity index (χ2n) is 9.80. The van der Waals surface area contributed by atoms with Crippen LogP contribution in [0.4, 0.5) is 5.82 Å². The fraction of sp³-hybridized carbons (Fsp3) is 0.355. The number of methoxy groups -OCH3 is 1. The van der Waals surface area contributed by atoms with E-state index in [0.717, 1.165) is 66.3 Å². The van der Waals surface area contributed by atoms with Crippen LogP contribution in [0.2, 0.25) is 0 Å². The third kappa shape index (κ3) is 5.30. The zero-order chi connectivity index (χ0) is 26.5. The van der Waals surface area contributed by atoms with Crippen LogP contribution in [-0.4, -0.2) is 78.5 Å². The first-order valence-corrected chi connectivity index (χ1v) is 13.5. The summed E-state index contributed by atoms with van der Waals surface area (Å²) >= 11 is 0. The molecule has 0 unspecified atom stereocenters. The van der Waals surface area contributed by atoms with E-state index in [9.17, 15) is 4.79 Å². The SMILES string of the molecule is CCN1CCN(c2c(CN(CCOC)C(=O)c3cccc4ccccc34)c(C)nn2-c2ccccc2)CC1. The number of aryl methyl sites for hydroxylation is 1. The minimum Gasteiger partial charge on any atom is -0.383 e. The lowest BCUT2D eigenvalue weighted by Crippen LogP contribution is -2.47. The molecular formula is C31H37N5O2. The van der Waals surface area contributed by atoms with Crippen molar-refractivity contribution in [3.05, 3.63) is 89.6 Å². The first kappa shape index (κ1) is 25.9. The number of benzene rings is 3. The van der Waals surface area contributed by atoms with E-state index in [0.29, 0.717) is 25.3 Å².